The number of benzene rings is 5. The average molecular weight is 556 g/mol. The predicted molar refractivity (Wildman–Crippen MR) is 175 cm³/mol. The van der Waals surface area contributed by atoms with Crippen molar-refractivity contribution in [2.75, 3.05) is 0 Å². The summed E-state index contributed by atoms with van der Waals surface area (Å²) in [4.78, 5) is 10.3. The monoisotopic (exact) mass is 555 g/mol. The Morgan fingerprint density at radius 1 is 0.524 bits per heavy atom. The molecule has 10 aromatic rings. The second-order valence-electron chi connectivity index (χ2n) is 10.7. The van der Waals surface area contributed by atoms with E-state index in [1.807, 2.05) is 6.20 Å². The summed E-state index contributed by atoms with van der Waals surface area (Å²) in [5.41, 5.74) is 7.67. The highest BCUT2D eigenvalue weighted by Crippen LogP contribution is 2.41. The third kappa shape index (κ3) is 2.77. The second kappa shape index (κ2) is 8.06. The molecular weight excluding hydrogens is 534 g/mol. The summed E-state index contributed by atoms with van der Waals surface area (Å²) in [6.45, 7) is 0. The van der Waals surface area contributed by atoms with E-state index in [2.05, 4.69) is 135 Å². The number of para-hydroxylation sites is 5. The van der Waals surface area contributed by atoms with Gasteiger partial charge >= 0.3 is 0 Å². The molecule has 0 aliphatic heterocycles. The van der Waals surface area contributed by atoms with Gasteiger partial charge in [0.05, 0.1) is 43.5 Å². The normalized spacial score (nSPS) is 12.3. The topological polar surface area (TPSA) is 40.0 Å². The van der Waals surface area contributed by atoms with Crippen molar-refractivity contribution >= 4 is 81.2 Å². The Kier molecular flexibility index (Phi) is 4.27. The van der Waals surface area contributed by atoms with Crippen molar-refractivity contribution in [1.29, 1.82) is 0 Å². The van der Waals surface area contributed by atoms with Gasteiger partial charge < -0.3 is 4.57 Å². The van der Waals surface area contributed by atoms with E-state index in [4.69, 9.17) is 9.97 Å². The van der Waals surface area contributed by atoms with Crippen LogP contribution in [0.25, 0.3) is 81.3 Å². The molecule has 5 aromatic carbocycles. The molecule has 0 atom stereocenters. The van der Waals surface area contributed by atoms with Crippen molar-refractivity contribution in [3.63, 3.8) is 0 Å². The number of nitrogens with zero attached hydrogens (tertiary/aromatic N) is 5. The molecule has 0 amide bonds. The van der Waals surface area contributed by atoms with Crippen LogP contribution in [0.15, 0.2) is 128 Å². The van der Waals surface area contributed by atoms with Crippen LogP contribution in [-0.4, -0.2) is 23.5 Å². The minimum absolute atomic E-state index is 0.858. The van der Waals surface area contributed by atoms with Crippen LogP contribution < -0.4 is 0 Å². The Balaban J connectivity index is 1.45. The minimum atomic E-state index is 0.858. The first kappa shape index (κ1) is 22.3. The molecule has 0 saturated carbocycles. The van der Waals surface area contributed by atoms with Crippen molar-refractivity contribution in [3.8, 4) is 11.5 Å². The van der Waals surface area contributed by atoms with Gasteiger partial charge in [-0.3, -0.25) is 8.97 Å². The Morgan fingerprint density at radius 3 is 2.00 bits per heavy atom. The zero-order valence-electron chi connectivity index (χ0n) is 22.3. The van der Waals surface area contributed by atoms with Crippen LogP contribution in [0, 0.1) is 0 Å². The average Bonchev–Trinajstić information content (AvgIpc) is 3.78. The largest absolute Gasteiger partial charge is 0.307 e. The molecule has 0 saturated heterocycles. The van der Waals surface area contributed by atoms with Crippen molar-refractivity contribution < 1.29 is 0 Å². The van der Waals surface area contributed by atoms with E-state index < -0.39 is 0 Å². The van der Waals surface area contributed by atoms with E-state index in [9.17, 15) is 0 Å². The van der Waals surface area contributed by atoms with Crippen LogP contribution in [-0.2, 0) is 0 Å². The number of hydrogen-bond acceptors (Lipinski definition) is 3. The summed E-state index contributed by atoms with van der Waals surface area (Å²) < 4.78 is 9.38. The van der Waals surface area contributed by atoms with E-state index >= 15 is 0 Å². The van der Waals surface area contributed by atoms with Crippen LogP contribution >= 0.6 is 11.3 Å². The number of aromatic nitrogens is 5. The first-order chi connectivity index (χ1) is 20.9. The van der Waals surface area contributed by atoms with Crippen molar-refractivity contribution in [2.24, 2.45) is 0 Å². The first-order valence-corrected chi connectivity index (χ1v) is 14.8. The van der Waals surface area contributed by atoms with Gasteiger partial charge in [-0.05, 0) is 48.5 Å². The third-order valence-electron chi connectivity index (χ3n) is 8.51. The zero-order valence-corrected chi connectivity index (χ0v) is 23.1. The number of hydrogen-bond donors (Lipinski definition) is 0. The lowest BCUT2D eigenvalue weighted by molar-refractivity contribution is 1.05. The van der Waals surface area contributed by atoms with E-state index in [-0.39, 0.29) is 0 Å². The molecule has 196 valence electrons. The van der Waals surface area contributed by atoms with Gasteiger partial charge in [0.2, 0.25) is 5.78 Å². The molecule has 5 heterocycles. The summed E-state index contributed by atoms with van der Waals surface area (Å²) in [5, 5.41) is 4.95. The summed E-state index contributed by atoms with van der Waals surface area (Å²) in [5.74, 6) is 1.76. The molecule has 6 heteroatoms. The highest BCUT2D eigenvalue weighted by molar-refractivity contribution is 7.26. The van der Waals surface area contributed by atoms with Crippen LogP contribution in [0.2, 0.25) is 0 Å². The summed E-state index contributed by atoms with van der Waals surface area (Å²) in [6.07, 6.45) is 1.94. The molecule has 0 unspecified atom stereocenters. The summed E-state index contributed by atoms with van der Waals surface area (Å²) >= 11 is 1.79. The van der Waals surface area contributed by atoms with Crippen LogP contribution in [0.5, 0.6) is 0 Å². The highest BCUT2D eigenvalue weighted by atomic mass is 32.1. The maximum atomic E-state index is 5.22. The number of imidazole rings is 2. The molecule has 0 radical (unpaired) electrons. The van der Waals surface area contributed by atoms with Crippen molar-refractivity contribution in [1.82, 2.24) is 23.5 Å². The van der Waals surface area contributed by atoms with Crippen molar-refractivity contribution in [2.45, 2.75) is 0 Å². The lowest BCUT2D eigenvalue weighted by atomic mass is 10.2. The SMILES string of the molecule is c1ccc2c(c1)nc1n(-c3nccc4c3sc3ccccc34)c3c(-n4c5ccccc5c5ccccc54)cccc3n21. The molecule has 0 aliphatic rings. The fourth-order valence-electron chi connectivity index (χ4n) is 6.79. The molecule has 0 fully saturated rings. The lowest BCUT2D eigenvalue weighted by Gasteiger charge is -2.13. The fraction of sp³-hybridized carbons (Fsp3) is 0. The van der Waals surface area contributed by atoms with Crippen LogP contribution in [0.1, 0.15) is 0 Å². The quantitative estimate of drug-likeness (QED) is 0.213. The Bertz CT molecular complexity index is 2650. The van der Waals surface area contributed by atoms with Gasteiger partial charge in [0.15, 0.2) is 5.82 Å². The highest BCUT2D eigenvalue weighted by Gasteiger charge is 2.24. The van der Waals surface area contributed by atoms with Gasteiger partial charge in [-0.1, -0.05) is 72.8 Å². The number of pyridine rings is 1. The van der Waals surface area contributed by atoms with E-state index in [0.717, 1.165) is 44.0 Å². The molecule has 42 heavy (non-hydrogen) atoms. The second-order valence-corrected chi connectivity index (χ2v) is 11.7. The smallest absolute Gasteiger partial charge is 0.222 e. The molecule has 0 N–H and O–H groups in total. The molecule has 5 aromatic heterocycles. The predicted octanol–water partition coefficient (Wildman–Crippen LogP) is 9.29. The molecule has 0 bridgehead atoms. The van der Waals surface area contributed by atoms with Gasteiger partial charge in [-0.15, -0.1) is 11.3 Å². The minimum Gasteiger partial charge on any atom is -0.307 e. The summed E-state index contributed by atoms with van der Waals surface area (Å²) in [7, 11) is 0. The Hall–Kier alpha value is -5.46. The number of thiophene rings is 1. The molecule has 5 nitrogen and oxygen atoms in total. The zero-order chi connectivity index (χ0) is 27.4. The van der Waals surface area contributed by atoms with Gasteiger partial charge in [0.1, 0.15) is 0 Å². The van der Waals surface area contributed by atoms with E-state index in [1.165, 1.54) is 37.3 Å². The Morgan fingerprint density at radius 2 is 1.19 bits per heavy atom. The van der Waals surface area contributed by atoms with E-state index in [0.29, 0.717) is 0 Å². The number of rotatable bonds is 2. The maximum Gasteiger partial charge on any atom is 0.222 e. The fourth-order valence-corrected chi connectivity index (χ4v) is 7.97. The number of fused-ring (bicyclic) bond motifs is 11. The van der Waals surface area contributed by atoms with Crippen molar-refractivity contribution in [3.05, 3.63) is 128 Å². The molecule has 10 rings (SSSR count). The van der Waals surface area contributed by atoms with Gasteiger partial charge in [-0.2, -0.15) is 0 Å². The standard InChI is InChI=1S/C36H21N5S/c1-5-14-27-22(10-1)23-11-2-6-15-28(23)39(27)30-17-9-18-31-33(30)41(36-38-26-13-4-7-16-29(26)40(31)36)35-34-25(20-21-37-35)24-12-3-8-19-32(24)42-34/h1-21H. The summed E-state index contributed by atoms with van der Waals surface area (Å²) in [6, 6.07) is 43.1. The Labute approximate surface area is 243 Å². The van der Waals surface area contributed by atoms with Gasteiger partial charge in [-0.25, -0.2) is 9.97 Å². The first-order valence-electron chi connectivity index (χ1n) is 14.0. The maximum absolute atomic E-state index is 5.22. The molecule has 0 spiro atoms. The molecule has 0 aliphatic carbocycles. The van der Waals surface area contributed by atoms with Gasteiger partial charge in [0.25, 0.3) is 0 Å². The van der Waals surface area contributed by atoms with Crippen LogP contribution in [0.4, 0.5) is 0 Å². The van der Waals surface area contributed by atoms with E-state index in [1.54, 1.807) is 11.3 Å². The molecular formula is C36H21N5S. The van der Waals surface area contributed by atoms with Gasteiger partial charge in [0, 0.05) is 32.4 Å². The lowest BCUT2D eigenvalue weighted by Crippen LogP contribution is -2.02. The third-order valence-corrected chi connectivity index (χ3v) is 9.69. The van der Waals surface area contributed by atoms with Crippen LogP contribution in [0.3, 0.4) is 0 Å².